The molecule has 1 amide bonds. The lowest BCUT2D eigenvalue weighted by Crippen LogP contribution is -2.51. The molecule has 0 bridgehead atoms. The predicted molar refractivity (Wildman–Crippen MR) is 55.6 cm³/mol. The van der Waals surface area contributed by atoms with Gasteiger partial charge in [-0.15, -0.1) is 0 Å². The summed E-state index contributed by atoms with van der Waals surface area (Å²) in [6.45, 7) is 2.33. The third-order valence-corrected chi connectivity index (χ3v) is 3.56. The molecule has 0 aromatic carbocycles. The van der Waals surface area contributed by atoms with Crippen LogP contribution >= 0.6 is 0 Å². The number of sulfone groups is 1. The standard InChI is InChI=1S/C8H15NO6S/c1-4(10)6(8(12)13)9-7(11)5(2)16(3,14)15/h4-6,10H,1-3H3,(H,9,11)(H,12,13)/t4-,5?,6+/m1/s1. The van der Waals surface area contributed by atoms with E-state index in [-0.39, 0.29) is 0 Å². The van der Waals surface area contributed by atoms with Crippen LogP contribution in [0.5, 0.6) is 0 Å². The van der Waals surface area contributed by atoms with Crippen LogP contribution in [-0.2, 0) is 19.4 Å². The van der Waals surface area contributed by atoms with E-state index in [0.29, 0.717) is 0 Å². The van der Waals surface area contributed by atoms with E-state index in [1.54, 1.807) is 0 Å². The molecule has 3 N–H and O–H groups in total. The molecule has 0 saturated carbocycles. The highest BCUT2D eigenvalue weighted by molar-refractivity contribution is 7.92. The fourth-order valence-electron chi connectivity index (χ4n) is 0.854. The van der Waals surface area contributed by atoms with E-state index in [1.165, 1.54) is 6.92 Å². The highest BCUT2D eigenvalue weighted by Crippen LogP contribution is 2.00. The Kier molecular flexibility index (Phi) is 4.88. The van der Waals surface area contributed by atoms with Gasteiger partial charge in [0.1, 0.15) is 5.25 Å². The summed E-state index contributed by atoms with van der Waals surface area (Å²) in [5.41, 5.74) is 0. The number of nitrogens with one attached hydrogen (secondary N) is 1. The molecule has 0 heterocycles. The molecule has 3 atom stereocenters. The maximum Gasteiger partial charge on any atom is 0.328 e. The normalized spacial score (nSPS) is 17.2. The molecule has 8 heteroatoms. The number of amides is 1. The quantitative estimate of drug-likeness (QED) is 0.541. The zero-order valence-electron chi connectivity index (χ0n) is 9.17. The summed E-state index contributed by atoms with van der Waals surface area (Å²) in [7, 11) is -3.59. The number of carboxylic acid groups (broad SMARTS) is 1. The molecular weight excluding hydrogens is 238 g/mol. The van der Waals surface area contributed by atoms with Gasteiger partial charge in [-0.2, -0.15) is 0 Å². The van der Waals surface area contributed by atoms with E-state index in [9.17, 15) is 18.0 Å². The Morgan fingerprint density at radius 2 is 1.69 bits per heavy atom. The minimum atomic E-state index is -3.59. The first-order valence-corrected chi connectivity index (χ1v) is 6.43. The maximum atomic E-state index is 11.3. The molecule has 0 aliphatic carbocycles. The Labute approximate surface area is 93.4 Å². The van der Waals surface area contributed by atoms with Crippen LogP contribution in [-0.4, -0.2) is 54.2 Å². The third kappa shape index (κ3) is 4.15. The number of carbonyl (C=O) groups is 2. The summed E-state index contributed by atoms with van der Waals surface area (Å²) in [5, 5.41) is 18.3. The highest BCUT2D eigenvalue weighted by atomic mass is 32.2. The fourth-order valence-corrected chi connectivity index (χ4v) is 1.31. The van der Waals surface area contributed by atoms with Gasteiger partial charge < -0.3 is 15.5 Å². The van der Waals surface area contributed by atoms with Crippen molar-refractivity contribution in [3.63, 3.8) is 0 Å². The number of hydrogen-bond donors (Lipinski definition) is 3. The monoisotopic (exact) mass is 253 g/mol. The van der Waals surface area contributed by atoms with Crippen molar-refractivity contribution >= 4 is 21.7 Å². The molecule has 1 unspecified atom stereocenters. The van der Waals surface area contributed by atoms with Crippen molar-refractivity contribution < 1.29 is 28.2 Å². The topological polar surface area (TPSA) is 121 Å². The lowest BCUT2D eigenvalue weighted by Gasteiger charge is -2.18. The van der Waals surface area contributed by atoms with Crippen LogP contribution in [0.25, 0.3) is 0 Å². The lowest BCUT2D eigenvalue weighted by atomic mass is 10.2. The first-order chi connectivity index (χ1) is 7.07. The van der Waals surface area contributed by atoms with Crippen LogP contribution in [0.3, 0.4) is 0 Å². The molecule has 0 aromatic rings. The van der Waals surface area contributed by atoms with Crippen LogP contribution in [0, 0.1) is 0 Å². The van der Waals surface area contributed by atoms with Crippen molar-refractivity contribution in [2.45, 2.75) is 31.2 Å². The number of aliphatic carboxylic acids is 1. The summed E-state index contributed by atoms with van der Waals surface area (Å²) < 4.78 is 22.0. The summed E-state index contributed by atoms with van der Waals surface area (Å²) >= 11 is 0. The molecule has 94 valence electrons. The Bertz CT molecular complexity index is 374. The number of hydrogen-bond acceptors (Lipinski definition) is 5. The van der Waals surface area contributed by atoms with Crippen LogP contribution < -0.4 is 5.32 Å². The Morgan fingerprint density at radius 3 is 1.94 bits per heavy atom. The van der Waals surface area contributed by atoms with Crippen molar-refractivity contribution in [3.05, 3.63) is 0 Å². The smallest absolute Gasteiger partial charge is 0.328 e. The van der Waals surface area contributed by atoms with Gasteiger partial charge in [-0.05, 0) is 13.8 Å². The Hall–Kier alpha value is -1.15. The van der Waals surface area contributed by atoms with E-state index >= 15 is 0 Å². The average Bonchev–Trinajstić information content (AvgIpc) is 2.09. The third-order valence-electron chi connectivity index (χ3n) is 2.06. The average molecular weight is 253 g/mol. The zero-order valence-corrected chi connectivity index (χ0v) is 9.98. The molecule has 0 spiro atoms. The van der Waals surface area contributed by atoms with Gasteiger partial charge in [0.05, 0.1) is 6.10 Å². The van der Waals surface area contributed by atoms with E-state index in [1.807, 2.05) is 5.32 Å². The number of carbonyl (C=O) groups excluding carboxylic acids is 1. The molecule has 0 aliphatic rings. The molecule has 7 nitrogen and oxygen atoms in total. The number of aliphatic hydroxyl groups is 1. The summed E-state index contributed by atoms with van der Waals surface area (Å²) in [6.07, 6.45) is -0.441. The summed E-state index contributed by atoms with van der Waals surface area (Å²) in [5.74, 6) is -2.38. The van der Waals surface area contributed by atoms with Gasteiger partial charge in [0, 0.05) is 6.26 Å². The highest BCUT2D eigenvalue weighted by Gasteiger charge is 2.30. The van der Waals surface area contributed by atoms with E-state index in [4.69, 9.17) is 10.2 Å². The van der Waals surface area contributed by atoms with Crippen molar-refractivity contribution in [1.82, 2.24) is 5.32 Å². The van der Waals surface area contributed by atoms with Crippen LogP contribution in [0.4, 0.5) is 0 Å². The molecule has 0 saturated heterocycles. The van der Waals surface area contributed by atoms with Gasteiger partial charge in [-0.1, -0.05) is 0 Å². The van der Waals surface area contributed by atoms with Crippen LogP contribution in [0.2, 0.25) is 0 Å². The van der Waals surface area contributed by atoms with Crippen LogP contribution in [0.1, 0.15) is 13.8 Å². The maximum absolute atomic E-state index is 11.3. The van der Waals surface area contributed by atoms with E-state index in [2.05, 4.69) is 0 Å². The van der Waals surface area contributed by atoms with Gasteiger partial charge >= 0.3 is 5.97 Å². The van der Waals surface area contributed by atoms with Crippen LogP contribution in [0.15, 0.2) is 0 Å². The van der Waals surface area contributed by atoms with Crippen molar-refractivity contribution in [3.8, 4) is 0 Å². The van der Waals surface area contributed by atoms with Crippen molar-refractivity contribution in [2.75, 3.05) is 6.26 Å². The molecular formula is C8H15NO6S. The first kappa shape index (κ1) is 14.8. The molecule has 0 fully saturated rings. The van der Waals surface area contributed by atoms with E-state index in [0.717, 1.165) is 13.2 Å². The lowest BCUT2D eigenvalue weighted by molar-refractivity contribution is -0.144. The molecule has 0 aromatic heterocycles. The van der Waals surface area contributed by atoms with Gasteiger partial charge in [-0.3, -0.25) is 4.79 Å². The van der Waals surface area contributed by atoms with Gasteiger partial charge in [0.25, 0.3) is 0 Å². The van der Waals surface area contributed by atoms with Crippen molar-refractivity contribution in [2.24, 2.45) is 0 Å². The second-order valence-electron chi connectivity index (χ2n) is 3.54. The number of rotatable bonds is 5. The second-order valence-corrected chi connectivity index (χ2v) is 5.90. The van der Waals surface area contributed by atoms with Gasteiger partial charge in [0.2, 0.25) is 5.91 Å². The SMILES string of the molecule is CC(C(=O)N[C@H](C(=O)O)[C@@H](C)O)S(C)(=O)=O. The summed E-state index contributed by atoms with van der Waals surface area (Å²) in [6, 6.07) is -1.52. The van der Waals surface area contributed by atoms with Crippen molar-refractivity contribution in [1.29, 1.82) is 0 Å². The van der Waals surface area contributed by atoms with Gasteiger partial charge in [0.15, 0.2) is 15.9 Å². The molecule has 16 heavy (non-hydrogen) atoms. The number of aliphatic hydroxyl groups excluding tert-OH is 1. The molecule has 0 rings (SSSR count). The summed E-state index contributed by atoms with van der Waals surface area (Å²) in [4.78, 5) is 22.0. The van der Waals surface area contributed by atoms with E-state index < -0.39 is 39.1 Å². The largest absolute Gasteiger partial charge is 0.480 e. The Balaban J connectivity index is 4.73. The Morgan fingerprint density at radius 1 is 1.25 bits per heavy atom. The molecule has 0 aliphatic heterocycles. The fraction of sp³-hybridized carbons (Fsp3) is 0.750. The second kappa shape index (κ2) is 5.26. The predicted octanol–water partition coefficient (Wildman–Crippen LogP) is -1.63. The van der Waals surface area contributed by atoms with Gasteiger partial charge in [-0.25, -0.2) is 13.2 Å². The molecule has 0 radical (unpaired) electrons. The minimum absolute atomic E-state index is 0.870. The zero-order chi connectivity index (χ0) is 13.1. The minimum Gasteiger partial charge on any atom is -0.480 e. The first-order valence-electron chi connectivity index (χ1n) is 4.47. The number of carboxylic acids is 1.